The molecule has 0 radical (unpaired) electrons. The van der Waals surface area contributed by atoms with E-state index in [2.05, 4.69) is 162 Å². The van der Waals surface area contributed by atoms with Crippen molar-refractivity contribution < 1.29 is 0 Å². The van der Waals surface area contributed by atoms with Crippen molar-refractivity contribution in [3.63, 3.8) is 0 Å². The third-order valence-corrected chi connectivity index (χ3v) is 8.78. The van der Waals surface area contributed by atoms with Gasteiger partial charge in [0, 0.05) is 32.7 Å². The minimum Gasteiger partial charge on any atom is -0.309 e. The molecular formula is C41H26N2. The van der Waals surface area contributed by atoms with E-state index in [1.54, 1.807) is 0 Å². The Kier molecular flexibility index (Phi) is 5.23. The predicted octanol–water partition coefficient (Wildman–Crippen LogP) is 11.0. The summed E-state index contributed by atoms with van der Waals surface area (Å²) in [6.07, 6.45) is 0. The molecule has 0 N–H and O–H groups in total. The summed E-state index contributed by atoms with van der Waals surface area (Å²) in [7, 11) is 0. The minimum absolute atomic E-state index is 0.983. The van der Waals surface area contributed by atoms with Crippen molar-refractivity contribution in [2.24, 2.45) is 0 Å². The molecule has 9 rings (SSSR count). The topological polar surface area (TPSA) is 17.8 Å². The van der Waals surface area contributed by atoms with Crippen molar-refractivity contribution >= 4 is 54.3 Å². The second-order valence-corrected chi connectivity index (χ2v) is 11.1. The summed E-state index contributed by atoms with van der Waals surface area (Å²) in [5.41, 5.74) is 8.89. The number of nitrogens with zero attached hydrogens (tertiary/aromatic N) is 2. The zero-order valence-corrected chi connectivity index (χ0v) is 23.4. The van der Waals surface area contributed by atoms with Crippen molar-refractivity contribution in [1.29, 1.82) is 0 Å². The van der Waals surface area contributed by atoms with Gasteiger partial charge in [0.15, 0.2) is 0 Å². The quantitative estimate of drug-likeness (QED) is 0.202. The zero-order valence-electron chi connectivity index (χ0n) is 23.4. The molecule has 0 fully saturated rings. The lowest BCUT2D eigenvalue weighted by Crippen LogP contribution is -2.00. The van der Waals surface area contributed by atoms with E-state index in [4.69, 9.17) is 4.98 Å². The molecule has 0 aliphatic heterocycles. The van der Waals surface area contributed by atoms with Crippen LogP contribution in [0.3, 0.4) is 0 Å². The van der Waals surface area contributed by atoms with Crippen molar-refractivity contribution in [3.8, 4) is 28.1 Å². The second-order valence-electron chi connectivity index (χ2n) is 11.1. The normalized spacial score (nSPS) is 11.7. The molecule has 2 heteroatoms. The molecule has 0 unspecified atom stereocenters. The molecule has 0 aliphatic carbocycles. The number of aromatic nitrogens is 2. The second kappa shape index (κ2) is 9.40. The number of para-hydroxylation sites is 3. The molecule has 43 heavy (non-hydrogen) atoms. The number of pyridine rings is 1. The molecule has 9 aromatic rings. The Morgan fingerprint density at radius 2 is 0.860 bits per heavy atom. The summed E-state index contributed by atoms with van der Waals surface area (Å²) in [6, 6.07) is 56.5. The molecule has 0 aliphatic rings. The van der Waals surface area contributed by atoms with E-state index in [9.17, 15) is 0 Å². The fourth-order valence-electron chi connectivity index (χ4n) is 6.90. The highest BCUT2D eigenvalue weighted by molar-refractivity contribution is 6.25. The molecule has 0 atom stereocenters. The zero-order chi connectivity index (χ0) is 28.3. The van der Waals surface area contributed by atoms with Crippen molar-refractivity contribution in [3.05, 3.63) is 158 Å². The molecule has 0 saturated heterocycles. The van der Waals surface area contributed by atoms with Crippen LogP contribution in [-0.4, -0.2) is 9.55 Å². The first-order chi connectivity index (χ1) is 21.4. The monoisotopic (exact) mass is 546 g/mol. The van der Waals surface area contributed by atoms with Crippen molar-refractivity contribution in [1.82, 2.24) is 9.55 Å². The fraction of sp³-hybridized carbons (Fsp3) is 0. The van der Waals surface area contributed by atoms with Crippen LogP contribution in [0, 0.1) is 0 Å². The lowest BCUT2D eigenvalue weighted by Gasteiger charge is -2.18. The lowest BCUT2D eigenvalue weighted by atomic mass is 9.92. The molecule has 200 valence electrons. The third kappa shape index (κ3) is 3.57. The standard InChI is InChI=1S/C41H26N2/c1-2-14-27(15-3-1)35-26-36-30-18-5-4-16-28(30)29-17-6-7-21-33(29)40(36)42-41(35)34-22-10-13-25-39(34)43-37-23-11-8-19-31(37)32-20-9-12-24-38(32)43/h1-26H. The van der Waals surface area contributed by atoms with Gasteiger partial charge in [0.25, 0.3) is 0 Å². The first-order valence-corrected chi connectivity index (χ1v) is 14.7. The highest BCUT2D eigenvalue weighted by atomic mass is 15.0. The van der Waals surface area contributed by atoms with Gasteiger partial charge in [0.2, 0.25) is 0 Å². The Morgan fingerprint density at radius 1 is 0.372 bits per heavy atom. The number of hydrogen-bond donors (Lipinski definition) is 0. The summed E-state index contributed by atoms with van der Waals surface area (Å²) in [6.45, 7) is 0. The summed E-state index contributed by atoms with van der Waals surface area (Å²) >= 11 is 0. The van der Waals surface area contributed by atoms with Crippen molar-refractivity contribution in [2.75, 3.05) is 0 Å². The van der Waals surface area contributed by atoms with Gasteiger partial charge in [-0.15, -0.1) is 0 Å². The van der Waals surface area contributed by atoms with Crippen LogP contribution in [0.2, 0.25) is 0 Å². The first-order valence-electron chi connectivity index (χ1n) is 14.7. The summed E-state index contributed by atoms with van der Waals surface area (Å²) in [5, 5.41) is 8.55. The molecule has 0 bridgehead atoms. The third-order valence-electron chi connectivity index (χ3n) is 8.78. The van der Waals surface area contributed by atoms with Crippen molar-refractivity contribution in [2.45, 2.75) is 0 Å². The van der Waals surface area contributed by atoms with Gasteiger partial charge >= 0.3 is 0 Å². The fourth-order valence-corrected chi connectivity index (χ4v) is 6.90. The van der Waals surface area contributed by atoms with Crippen LogP contribution >= 0.6 is 0 Å². The van der Waals surface area contributed by atoms with Gasteiger partial charge in [-0.2, -0.15) is 0 Å². The molecular weight excluding hydrogens is 520 g/mol. The number of rotatable bonds is 3. The van der Waals surface area contributed by atoms with E-state index in [1.807, 2.05) is 0 Å². The van der Waals surface area contributed by atoms with E-state index in [1.165, 1.54) is 48.7 Å². The van der Waals surface area contributed by atoms with Gasteiger partial charge in [-0.1, -0.05) is 133 Å². The van der Waals surface area contributed by atoms with Crippen LogP contribution in [0.15, 0.2) is 158 Å². The Morgan fingerprint density at radius 3 is 1.53 bits per heavy atom. The van der Waals surface area contributed by atoms with Gasteiger partial charge in [-0.3, -0.25) is 0 Å². The van der Waals surface area contributed by atoms with Crippen LogP contribution in [0.1, 0.15) is 0 Å². The minimum atomic E-state index is 0.983. The maximum Gasteiger partial charge on any atom is 0.0809 e. The average molecular weight is 547 g/mol. The van der Waals surface area contributed by atoms with Gasteiger partial charge in [-0.05, 0) is 46.0 Å². The highest BCUT2D eigenvalue weighted by Gasteiger charge is 2.20. The molecule has 2 heterocycles. The number of fused-ring (bicyclic) bond motifs is 9. The number of benzene rings is 7. The van der Waals surface area contributed by atoms with Gasteiger partial charge < -0.3 is 4.57 Å². The summed E-state index contributed by atoms with van der Waals surface area (Å²) in [4.78, 5) is 5.62. The van der Waals surface area contributed by atoms with Crippen LogP contribution in [0.4, 0.5) is 0 Å². The maximum atomic E-state index is 5.62. The number of hydrogen-bond acceptors (Lipinski definition) is 1. The molecule has 2 aromatic heterocycles. The van der Waals surface area contributed by atoms with E-state index >= 15 is 0 Å². The van der Waals surface area contributed by atoms with Gasteiger partial charge in [-0.25, -0.2) is 4.98 Å². The SMILES string of the molecule is c1ccc(-c2cc3c4ccccc4c4ccccc4c3nc2-c2ccccc2-n2c3ccccc3c3ccccc32)cc1. The van der Waals surface area contributed by atoms with E-state index in [0.29, 0.717) is 0 Å². The van der Waals surface area contributed by atoms with Crippen LogP contribution in [0.5, 0.6) is 0 Å². The van der Waals surface area contributed by atoms with Crippen LogP contribution < -0.4 is 0 Å². The Hall–Kier alpha value is -5.73. The van der Waals surface area contributed by atoms with E-state index in [-0.39, 0.29) is 0 Å². The largest absolute Gasteiger partial charge is 0.309 e. The molecule has 0 spiro atoms. The smallest absolute Gasteiger partial charge is 0.0809 e. The average Bonchev–Trinajstić information content (AvgIpc) is 3.42. The Bertz CT molecular complexity index is 2450. The Labute approximate surface area is 249 Å². The molecule has 7 aromatic carbocycles. The molecule has 0 saturated carbocycles. The van der Waals surface area contributed by atoms with Crippen LogP contribution in [-0.2, 0) is 0 Å². The molecule has 0 amide bonds. The summed E-state index contributed by atoms with van der Waals surface area (Å²) in [5.74, 6) is 0. The lowest BCUT2D eigenvalue weighted by molar-refractivity contribution is 1.18. The first kappa shape index (κ1) is 23.9. The van der Waals surface area contributed by atoms with Crippen LogP contribution in [0.25, 0.3) is 82.3 Å². The predicted molar refractivity (Wildman–Crippen MR) is 182 cm³/mol. The highest BCUT2D eigenvalue weighted by Crippen LogP contribution is 2.42. The maximum absolute atomic E-state index is 5.62. The van der Waals surface area contributed by atoms with Gasteiger partial charge in [0.05, 0.1) is 27.9 Å². The Balaban J connectivity index is 1.45. The molecule has 2 nitrogen and oxygen atoms in total. The van der Waals surface area contributed by atoms with Gasteiger partial charge in [0.1, 0.15) is 0 Å². The van der Waals surface area contributed by atoms with E-state index < -0.39 is 0 Å². The summed E-state index contributed by atoms with van der Waals surface area (Å²) < 4.78 is 2.40. The van der Waals surface area contributed by atoms with E-state index in [0.717, 1.165) is 33.6 Å².